The van der Waals surface area contributed by atoms with E-state index >= 15 is 0 Å². The number of methoxy groups -OCH3 is 1. The van der Waals surface area contributed by atoms with Crippen molar-refractivity contribution in [1.29, 1.82) is 0 Å². The Morgan fingerprint density at radius 3 is 2.54 bits per heavy atom. The van der Waals surface area contributed by atoms with Crippen molar-refractivity contribution < 1.29 is 14.3 Å². The molecule has 0 unspecified atom stereocenters. The highest BCUT2D eigenvalue weighted by Crippen LogP contribution is 2.30. The van der Waals surface area contributed by atoms with Crippen LogP contribution in [0.3, 0.4) is 0 Å². The quantitative estimate of drug-likeness (QED) is 0.762. The number of ether oxygens (including phenoxy) is 2. The van der Waals surface area contributed by atoms with Crippen LogP contribution in [0.2, 0.25) is 0 Å². The van der Waals surface area contributed by atoms with Crippen molar-refractivity contribution in [2.24, 2.45) is 0 Å². The van der Waals surface area contributed by atoms with Gasteiger partial charge in [-0.1, -0.05) is 30.3 Å². The number of hydrogen-bond donors (Lipinski definition) is 2. The number of carbonyl (C=O) groups excluding carboxylic acids is 1. The van der Waals surface area contributed by atoms with Gasteiger partial charge in [0.2, 0.25) is 0 Å². The zero-order valence-corrected chi connectivity index (χ0v) is 16.6. The molecular weight excluding hydrogens is 354 g/mol. The number of urea groups is 1. The van der Waals surface area contributed by atoms with Crippen molar-refractivity contribution in [3.63, 3.8) is 0 Å². The van der Waals surface area contributed by atoms with E-state index in [2.05, 4.69) is 39.8 Å². The fourth-order valence-corrected chi connectivity index (χ4v) is 3.45. The number of nitrogens with one attached hydrogen (secondary N) is 2. The van der Waals surface area contributed by atoms with Gasteiger partial charge in [0, 0.05) is 37.4 Å². The normalized spacial score (nSPS) is 15.1. The lowest BCUT2D eigenvalue weighted by Gasteiger charge is -2.32. The predicted octanol–water partition coefficient (Wildman–Crippen LogP) is 3.88. The molecule has 6 nitrogen and oxygen atoms in total. The number of likely N-dealkylation sites (tertiary alicyclic amines) is 1. The van der Waals surface area contributed by atoms with E-state index in [4.69, 9.17) is 9.47 Å². The van der Waals surface area contributed by atoms with Crippen molar-refractivity contribution in [2.45, 2.75) is 32.4 Å². The molecule has 2 aromatic rings. The van der Waals surface area contributed by atoms with Gasteiger partial charge in [0.15, 0.2) is 11.5 Å². The van der Waals surface area contributed by atoms with Gasteiger partial charge in [0.25, 0.3) is 0 Å². The number of nitrogens with zero attached hydrogens (tertiary/aromatic N) is 1. The second-order valence-electron chi connectivity index (χ2n) is 6.93. The van der Waals surface area contributed by atoms with E-state index in [-0.39, 0.29) is 12.1 Å². The molecule has 1 aliphatic rings. The highest BCUT2D eigenvalue weighted by atomic mass is 16.5. The number of anilines is 1. The first-order valence-corrected chi connectivity index (χ1v) is 9.82. The molecule has 2 aromatic carbocycles. The Hall–Kier alpha value is -2.73. The maximum Gasteiger partial charge on any atom is 0.319 e. The summed E-state index contributed by atoms with van der Waals surface area (Å²) in [4.78, 5) is 14.8. The molecule has 0 spiro atoms. The first-order valence-electron chi connectivity index (χ1n) is 9.82. The highest BCUT2D eigenvalue weighted by Gasteiger charge is 2.21. The maximum atomic E-state index is 12.4. The number of amides is 2. The van der Waals surface area contributed by atoms with Crippen LogP contribution in [0.5, 0.6) is 11.5 Å². The molecular formula is C22H29N3O3. The van der Waals surface area contributed by atoms with Gasteiger partial charge in [-0.05, 0) is 37.5 Å². The molecule has 0 bridgehead atoms. The summed E-state index contributed by atoms with van der Waals surface area (Å²) in [6.07, 6.45) is 1.90. The van der Waals surface area contributed by atoms with E-state index in [1.807, 2.05) is 19.1 Å². The van der Waals surface area contributed by atoms with Crippen LogP contribution in [0.4, 0.5) is 10.5 Å². The van der Waals surface area contributed by atoms with Gasteiger partial charge in [-0.3, -0.25) is 4.90 Å². The van der Waals surface area contributed by atoms with Crippen LogP contribution in [0.1, 0.15) is 25.3 Å². The highest BCUT2D eigenvalue weighted by molar-refractivity contribution is 5.89. The fourth-order valence-electron chi connectivity index (χ4n) is 3.45. The van der Waals surface area contributed by atoms with E-state index in [9.17, 15) is 4.79 Å². The SMILES string of the molecule is CCOc1cc(NC(=O)NC2CCN(Cc3ccccc3)CC2)ccc1OC. The first kappa shape index (κ1) is 20.0. The lowest BCUT2D eigenvalue weighted by molar-refractivity contribution is 0.190. The van der Waals surface area contributed by atoms with E-state index in [0.29, 0.717) is 23.8 Å². The van der Waals surface area contributed by atoms with Crippen LogP contribution in [-0.4, -0.2) is 43.8 Å². The number of hydrogen-bond acceptors (Lipinski definition) is 4. The van der Waals surface area contributed by atoms with Gasteiger partial charge < -0.3 is 20.1 Å². The minimum Gasteiger partial charge on any atom is -0.493 e. The standard InChI is InChI=1S/C22H29N3O3/c1-3-28-21-15-19(9-10-20(21)27-2)24-22(26)23-18-11-13-25(14-12-18)16-17-7-5-4-6-8-17/h4-10,15,18H,3,11-14,16H2,1-2H3,(H2,23,24,26). The van der Waals surface area contributed by atoms with Crippen molar-refractivity contribution in [1.82, 2.24) is 10.2 Å². The van der Waals surface area contributed by atoms with E-state index in [1.54, 1.807) is 19.2 Å². The topological polar surface area (TPSA) is 62.8 Å². The third-order valence-corrected chi connectivity index (χ3v) is 4.89. The summed E-state index contributed by atoms with van der Waals surface area (Å²) in [6.45, 7) is 5.38. The van der Waals surface area contributed by atoms with Gasteiger partial charge in [0.1, 0.15) is 0 Å². The van der Waals surface area contributed by atoms with Gasteiger partial charge in [0.05, 0.1) is 13.7 Å². The average molecular weight is 383 g/mol. The number of benzene rings is 2. The molecule has 1 heterocycles. The van der Waals surface area contributed by atoms with Crippen LogP contribution >= 0.6 is 0 Å². The molecule has 0 aliphatic carbocycles. The molecule has 1 aliphatic heterocycles. The molecule has 1 fully saturated rings. The molecule has 3 rings (SSSR count). The number of carbonyl (C=O) groups is 1. The predicted molar refractivity (Wildman–Crippen MR) is 111 cm³/mol. The molecule has 6 heteroatoms. The summed E-state index contributed by atoms with van der Waals surface area (Å²) in [7, 11) is 1.60. The summed E-state index contributed by atoms with van der Waals surface area (Å²) in [5.41, 5.74) is 2.01. The van der Waals surface area contributed by atoms with E-state index < -0.39 is 0 Å². The second-order valence-corrected chi connectivity index (χ2v) is 6.93. The van der Waals surface area contributed by atoms with E-state index in [1.165, 1.54) is 5.56 Å². The Bertz CT molecular complexity index is 759. The summed E-state index contributed by atoms with van der Waals surface area (Å²) in [5.74, 6) is 1.27. The van der Waals surface area contributed by atoms with Gasteiger partial charge in [-0.25, -0.2) is 4.79 Å². The minimum atomic E-state index is -0.186. The third kappa shape index (κ3) is 5.63. The monoisotopic (exact) mass is 383 g/mol. The Kier molecular flexibility index (Phi) is 7.14. The lowest BCUT2D eigenvalue weighted by Crippen LogP contribution is -2.45. The van der Waals surface area contributed by atoms with Gasteiger partial charge in [-0.2, -0.15) is 0 Å². The maximum absolute atomic E-state index is 12.4. The summed E-state index contributed by atoms with van der Waals surface area (Å²) in [5, 5.41) is 5.97. The number of piperidine rings is 1. The lowest BCUT2D eigenvalue weighted by atomic mass is 10.0. The molecule has 1 saturated heterocycles. The van der Waals surface area contributed by atoms with Crippen molar-refractivity contribution in [2.75, 3.05) is 32.1 Å². The summed E-state index contributed by atoms with van der Waals surface area (Å²) < 4.78 is 10.8. The molecule has 2 amide bonds. The van der Waals surface area contributed by atoms with Gasteiger partial charge >= 0.3 is 6.03 Å². The third-order valence-electron chi connectivity index (χ3n) is 4.89. The van der Waals surface area contributed by atoms with Gasteiger partial charge in [-0.15, -0.1) is 0 Å². The largest absolute Gasteiger partial charge is 0.493 e. The van der Waals surface area contributed by atoms with Crippen molar-refractivity contribution in [3.8, 4) is 11.5 Å². The van der Waals surface area contributed by atoms with Crippen LogP contribution in [-0.2, 0) is 6.54 Å². The molecule has 28 heavy (non-hydrogen) atoms. The zero-order chi connectivity index (χ0) is 19.8. The zero-order valence-electron chi connectivity index (χ0n) is 16.6. The molecule has 150 valence electrons. The Labute approximate surface area is 166 Å². The molecule has 0 saturated carbocycles. The molecule has 0 atom stereocenters. The summed E-state index contributed by atoms with van der Waals surface area (Å²) >= 11 is 0. The van der Waals surface area contributed by atoms with Crippen molar-refractivity contribution in [3.05, 3.63) is 54.1 Å². The van der Waals surface area contributed by atoms with E-state index in [0.717, 1.165) is 32.5 Å². The Balaban J connectivity index is 1.46. The summed E-state index contributed by atoms with van der Waals surface area (Å²) in [6, 6.07) is 15.9. The van der Waals surface area contributed by atoms with Crippen LogP contribution in [0.15, 0.2) is 48.5 Å². The molecule has 0 aromatic heterocycles. The average Bonchev–Trinajstić information content (AvgIpc) is 2.71. The Morgan fingerprint density at radius 1 is 1.11 bits per heavy atom. The second kappa shape index (κ2) is 9.99. The fraction of sp³-hybridized carbons (Fsp3) is 0.409. The van der Waals surface area contributed by atoms with Crippen LogP contribution in [0.25, 0.3) is 0 Å². The Morgan fingerprint density at radius 2 is 1.86 bits per heavy atom. The number of rotatable bonds is 7. The van der Waals surface area contributed by atoms with Crippen LogP contribution in [0, 0.1) is 0 Å². The smallest absolute Gasteiger partial charge is 0.319 e. The minimum absolute atomic E-state index is 0.186. The molecule has 0 radical (unpaired) electrons. The molecule has 2 N–H and O–H groups in total. The van der Waals surface area contributed by atoms with Crippen LogP contribution < -0.4 is 20.1 Å². The first-order chi connectivity index (χ1) is 13.7. The van der Waals surface area contributed by atoms with Crippen molar-refractivity contribution >= 4 is 11.7 Å².